The van der Waals surface area contributed by atoms with Crippen LogP contribution in [0.3, 0.4) is 0 Å². The predicted octanol–water partition coefficient (Wildman–Crippen LogP) is 15.8. The van der Waals surface area contributed by atoms with Gasteiger partial charge >= 0.3 is 0 Å². The molecule has 0 amide bonds. The summed E-state index contributed by atoms with van der Waals surface area (Å²) in [4.78, 5) is 15.4. The number of benzene rings is 9. The van der Waals surface area contributed by atoms with Crippen LogP contribution >= 0.6 is 0 Å². The highest BCUT2D eigenvalue weighted by Crippen LogP contribution is 2.45. The molecule has 1 atom stereocenters. The van der Waals surface area contributed by atoms with E-state index in [1.165, 1.54) is 27.8 Å². The van der Waals surface area contributed by atoms with E-state index in [1.807, 2.05) is 48.5 Å². The first kappa shape index (κ1) is 37.2. The van der Waals surface area contributed by atoms with Crippen molar-refractivity contribution in [3.8, 4) is 67.5 Å². The lowest BCUT2D eigenvalue weighted by Crippen LogP contribution is -2.02. The molecule has 0 bridgehead atoms. The molecule has 3 aromatic heterocycles. The Morgan fingerprint density at radius 1 is 0.354 bits per heavy atom. The molecule has 306 valence electrons. The van der Waals surface area contributed by atoms with E-state index in [9.17, 15) is 0 Å². The van der Waals surface area contributed by atoms with Gasteiger partial charge in [-0.25, -0.2) is 15.0 Å². The van der Waals surface area contributed by atoms with Crippen molar-refractivity contribution in [1.29, 1.82) is 0 Å². The van der Waals surface area contributed by atoms with Crippen molar-refractivity contribution >= 4 is 43.9 Å². The zero-order chi connectivity index (χ0) is 42.8. The molecule has 65 heavy (non-hydrogen) atoms. The summed E-state index contributed by atoms with van der Waals surface area (Å²) in [6.07, 6.45) is 2.05. The van der Waals surface area contributed by atoms with E-state index in [-0.39, 0.29) is 5.92 Å². The molecule has 5 nitrogen and oxygen atoms in total. The van der Waals surface area contributed by atoms with Crippen LogP contribution in [0.15, 0.2) is 215 Å². The molecule has 13 rings (SSSR count). The first-order chi connectivity index (χ1) is 32.2. The topological polar surface area (TPSA) is 65.0 Å². The molecule has 1 aliphatic carbocycles. The van der Waals surface area contributed by atoms with Gasteiger partial charge in [-0.1, -0.05) is 170 Å². The van der Waals surface area contributed by atoms with Gasteiger partial charge in [-0.3, -0.25) is 0 Å². The summed E-state index contributed by atoms with van der Waals surface area (Å²) in [5, 5.41) is 4.17. The van der Waals surface area contributed by atoms with Crippen LogP contribution in [0.4, 0.5) is 0 Å². The molecule has 0 radical (unpaired) electrons. The second-order valence-corrected chi connectivity index (χ2v) is 17.0. The zero-order valence-corrected chi connectivity index (χ0v) is 35.3. The maximum atomic E-state index is 6.60. The minimum absolute atomic E-state index is 0.249. The molecule has 3 heterocycles. The lowest BCUT2D eigenvalue weighted by Gasteiger charge is -2.18. The quantitative estimate of drug-likeness (QED) is 0.167. The fraction of sp³-hybridized carbons (Fsp3) is 0.0500. The normalized spacial score (nSPS) is 13.6. The average Bonchev–Trinajstić information content (AvgIpc) is 3.90. The molecule has 0 spiro atoms. The maximum absolute atomic E-state index is 6.60. The summed E-state index contributed by atoms with van der Waals surface area (Å²) in [5.41, 5.74) is 17.2. The van der Waals surface area contributed by atoms with Gasteiger partial charge in [0.1, 0.15) is 22.3 Å². The van der Waals surface area contributed by atoms with Gasteiger partial charge in [-0.05, 0) is 99.3 Å². The van der Waals surface area contributed by atoms with Crippen LogP contribution < -0.4 is 0 Å². The van der Waals surface area contributed by atoms with Gasteiger partial charge in [0.15, 0.2) is 17.5 Å². The van der Waals surface area contributed by atoms with Gasteiger partial charge in [0, 0.05) is 44.2 Å². The Hall–Kier alpha value is -8.41. The first-order valence-corrected chi connectivity index (χ1v) is 22.3. The van der Waals surface area contributed by atoms with Crippen molar-refractivity contribution in [2.75, 3.05) is 0 Å². The molecule has 5 heteroatoms. The minimum Gasteiger partial charge on any atom is -0.456 e. The van der Waals surface area contributed by atoms with E-state index in [4.69, 9.17) is 23.8 Å². The molecular formula is C60H39N3O2. The van der Waals surface area contributed by atoms with Crippen LogP contribution in [0.1, 0.15) is 29.0 Å². The Morgan fingerprint density at radius 2 is 0.877 bits per heavy atom. The molecule has 0 aliphatic heterocycles. The molecular weight excluding hydrogens is 795 g/mol. The van der Waals surface area contributed by atoms with Crippen molar-refractivity contribution in [1.82, 2.24) is 15.0 Å². The van der Waals surface area contributed by atoms with Crippen LogP contribution in [-0.2, 0) is 6.42 Å². The van der Waals surface area contributed by atoms with Gasteiger partial charge in [-0.2, -0.15) is 0 Å². The summed E-state index contributed by atoms with van der Waals surface area (Å²) in [6.45, 7) is 0. The lowest BCUT2D eigenvalue weighted by atomic mass is 9.85. The zero-order valence-electron chi connectivity index (χ0n) is 35.3. The largest absolute Gasteiger partial charge is 0.456 e. The molecule has 0 fully saturated rings. The average molecular weight is 834 g/mol. The molecule has 1 aliphatic rings. The number of hydrogen-bond donors (Lipinski definition) is 0. The summed E-state index contributed by atoms with van der Waals surface area (Å²) in [6, 6.07) is 72.6. The molecule has 9 aromatic carbocycles. The Balaban J connectivity index is 0.946. The standard InChI is InChI=1S/C60H39N3O2/c1-3-13-37(14-4-1)38-25-27-41(28-26-38)59-61-58(40-16-5-2-6-17-40)62-60(63-59)49-22-12-24-55-57(49)51-36-43(31-34-53(51)65-55)46-21-11-23-54-56(46)50-35-42(30-33-52(50)64-54)45-32-29-39-15-7-8-18-44(39)47-19-9-10-20-48(45)47/h1-28,30-31,33-36,45H,29,32H2. The van der Waals surface area contributed by atoms with Crippen LogP contribution in [0.25, 0.3) is 111 Å². The summed E-state index contributed by atoms with van der Waals surface area (Å²) < 4.78 is 13.2. The number of aromatic nitrogens is 3. The van der Waals surface area contributed by atoms with E-state index in [0.717, 1.165) is 95.7 Å². The molecule has 12 aromatic rings. The third kappa shape index (κ3) is 6.35. The van der Waals surface area contributed by atoms with Crippen LogP contribution in [-0.4, -0.2) is 15.0 Å². The van der Waals surface area contributed by atoms with Gasteiger partial charge in [-0.15, -0.1) is 0 Å². The first-order valence-electron chi connectivity index (χ1n) is 22.3. The minimum atomic E-state index is 0.249. The Morgan fingerprint density at radius 3 is 1.63 bits per heavy atom. The maximum Gasteiger partial charge on any atom is 0.164 e. The van der Waals surface area contributed by atoms with Gasteiger partial charge in [0.05, 0.1) is 0 Å². The third-order valence-corrected chi connectivity index (χ3v) is 13.2. The number of fused-ring (bicyclic) bond motifs is 9. The third-order valence-electron chi connectivity index (χ3n) is 13.2. The number of rotatable bonds is 6. The fourth-order valence-electron chi connectivity index (χ4n) is 10.1. The number of aryl methyl sites for hydroxylation is 1. The van der Waals surface area contributed by atoms with Gasteiger partial charge < -0.3 is 8.83 Å². The lowest BCUT2D eigenvalue weighted by molar-refractivity contribution is 0.668. The van der Waals surface area contributed by atoms with Crippen molar-refractivity contribution < 1.29 is 8.83 Å². The molecule has 0 N–H and O–H groups in total. The van der Waals surface area contributed by atoms with Gasteiger partial charge in [0.2, 0.25) is 0 Å². The molecule has 0 saturated carbocycles. The van der Waals surface area contributed by atoms with Crippen LogP contribution in [0.2, 0.25) is 0 Å². The highest BCUT2D eigenvalue weighted by atomic mass is 16.3. The van der Waals surface area contributed by atoms with Crippen LogP contribution in [0.5, 0.6) is 0 Å². The second-order valence-electron chi connectivity index (χ2n) is 17.0. The SMILES string of the molecule is c1ccc(-c2ccc(-c3nc(-c4ccccc4)nc(-c4cccc5oc6ccc(-c7cccc8oc9ccc(C%10CCc%11ccccc%11-c%11ccccc%11%10)cc9c78)cc6c45)n3)cc2)cc1. The van der Waals surface area contributed by atoms with E-state index in [2.05, 4.69) is 158 Å². The van der Waals surface area contributed by atoms with E-state index in [0.29, 0.717) is 17.5 Å². The Bertz CT molecular complexity index is 3780. The highest BCUT2D eigenvalue weighted by Gasteiger charge is 2.25. The number of hydrogen-bond acceptors (Lipinski definition) is 5. The predicted molar refractivity (Wildman–Crippen MR) is 264 cm³/mol. The number of nitrogens with zero attached hydrogens (tertiary/aromatic N) is 3. The van der Waals surface area contributed by atoms with Crippen molar-refractivity contribution in [2.45, 2.75) is 18.8 Å². The van der Waals surface area contributed by atoms with Gasteiger partial charge in [0.25, 0.3) is 0 Å². The molecule has 1 unspecified atom stereocenters. The highest BCUT2D eigenvalue weighted by molar-refractivity contribution is 6.16. The Labute approximate surface area is 375 Å². The second kappa shape index (κ2) is 15.1. The number of furan rings is 2. The van der Waals surface area contributed by atoms with E-state index >= 15 is 0 Å². The monoisotopic (exact) mass is 833 g/mol. The molecule has 0 saturated heterocycles. The summed E-state index contributed by atoms with van der Waals surface area (Å²) >= 11 is 0. The van der Waals surface area contributed by atoms with Crippen molar-refractivity contribution in [2.24, 2.45) is 0 Å². The van der Waals surface area contributed by atoms with Crippen molar-refractivity contribution in [3.05, 3.63) is 223 Å². The summed E-state index contributed by atoms with van der Waals surface area (Å²) in [7, 11) is 0. The van der Waals surface area contributed by atoms with E-state index < -0.39 is 0 Å². The van der Waals surface area contributed by atoms with E-state index in [1.54, 1.807) is 0 Å². The summed E-state index contributed by atoms with van der Waals surface area (Å²) in [5.74, 6) is 2.05. The van der Waals surface area contributed by atoms with Crippen molar-refractivity contribution in [3.63, 3.8) is 0 Å². The smallest absolute Gasteiger partial charge is 0.164 e. The van der Waals surface area contributed by atoms with Crippen LogP contribution in [0, 0.1) is 0 Å². The Kier molecular flexibility index (Phi) is 8.66. The fourth-order valence-corrected chi connectivity index (χ4v) is 10.1.